The van der Waals surface area contributed by atoms with Crippen LogP contribution in [0.1, 0.15) is 43.3 Å². The van der Waals surface area contributed by atoms with Crippen molar-refractivity contribution in [1.82, 2.24) is 15.6 Å². The Balaban J connectivity index is 1.58. The minimum atomic E-state index is -0.251. The van der Waals surface area contributed by atoms with Gasteiger partial charge in [0.25, 0.3) is 0 Å². The topological polar surface area (TPSA) is 58.5 Å². The van der Waals surface area contributed by atoms with Crippen molar-refractivity contribution in [3.05, 3.63) is 46.2 Å². The normalized spacial score (nSPS) is 11.7. The lowest BCUT2D eigenvalue weighted by atomic mass is 10.2. The summed E-state index contributed by atoms with van der Waals surface area (Å²) in [5.74, 6) is 1.67. The Hall–Kier alpha value is -2.15. The second-order valence-electron chi connectivity index (χ2n) is 6.18. The minimum Gasteiger partial charge on any atom is -0.494 e. The van der Waals surface area contributed by atoms with E-state index in [0.717, 1.165) is 36.0 Å². The van der Waals surface area contributed by atoms with Crippen molar-refractivity contribution in [2.45, 2.75) is 39.2 Å². The van der Waals surface area contributed by atoms with Gasteiger partial charge in [-0.25, -0.2) is 9.37 Å². The average Bonchev–Trinajstić information content (AvgIpc) is 3.11. The van der Waals surface area contributed by atoms with Gasteiger partial charge in [-0.3, -0.25) is 4.99 Å². The monoisotopic (exact) mass is 378 g/mol. The van der Waals surface area contributed by atoms with Crippen LogP contribution in [0.2, 0.25) is 0 Å². The number of hydrogen-bond donors (Lipinski definition) is 2. The molecule has 2 rings (SSSR count). The van der Waals surface area contributed by atoms with Gasteiger partial charge in [-0.05, 0) is 43.0 Å². The molecule has 2 aromatic rings. The molecule has 26 heavy (non-hydrogen) atoms. The molecule has 0 saturated heterocycles. The van der Waals surface area contributed by atoms with E-state index in [9.17, 15) is 4.39 Å². The van der Waals surface area contributed by atoms with Gasteiger partial charge in [0.2, 0.25) is 0 Å². The fourth-order valence-corrected chi connectivity index (χ4v) is 3.10. The number of halogens is 1. The number of aromatic nitrogens is 1. The van der Waals surface area contributed by atoms with Gasteiger partial charge in [0, 0.05) is 19.0 Å². The molecule has 1 aromatic carbocycles. The molecule has 0 radical (unpaired) electrons. The summed E-state index contributed by atoms with van der Waals surface area (Å²) in [5, 5.41) is 9.74. The van der Waals surface area contributed by atoms with Gasteiger partial charge < -0.3 is 15.4 Å². The molecule has 142 valence electrons. The van der Waals surface area contributed by atoms with Crippen molar-refractivity contribution in [2.75, 3.05) is 20.2 Å². The van der Waals surface area contributed by atoms with Crippen LogP contribution in [0.25, 0.3) is 0 Å². The van der Waals surface area contributed by atoms with E-state index < -0.39 is 0 Å². The zero-order valence-corrected chi connectivity index (χ0v) is 16.4. The van der Waals surface area contributed by atoms with Crippen LogP contribution in [-0.4, -0.2) is 31.1 Å². The van der Waals surface area contributed by atoms with Gasteiger partial charge >= 0.3 is 0 Å². The summed E-state index contributed by atoms with van der Waals surface area (Å²) in [6.45, 7) is 6.38. The molecular formula is C19H27FN4OS. The molecule has 7 heteroatoms. The number of nitrogens with zero attached hydrogens (tertiary/aromatic N) is 2. The van der Waals surface area contributed by atoms with E-state index in [0.29, 0.717) is 24.8 Å². The van der Waals surface area contributed by atoms with Crippen molar-refractivity contribution >= 4 is 17.3 Å². The zero-order chi connectivity index (χ0) is 18.8. The second-order valence-corrected chi connectivity index (χ2v) is 7.13. The third-order valence-electron chi connectivity index (χ3n) is 3.74. The van der Waals surface area contributed by atoms with E-state index >= 15 is 0 Å². The quantitative estimate of drug-likeness (QED) is 0.394. The van der Waals surface area contributed by atoms with Gasteiger partial charge in [-0.1, -0.05) is 13.8 Å². The maximum atomic E-state index is 12.8. The largest absolute Gasteiger partial charge is 0.494 e. The van der Waals surface area contributed by atoms with E-state index in [1.165, 1.54) is 12.1 Å². The van der Waals surface area contributed by atoms with Crippen molar-refractivity contribution in [2.24, 2.45) is 4.99 Å². The predicted molar refractivity (Wildman–Crippen MR) is 106 cm³/mol. The van der Waals surface area contributed by atoms with Crippen LogP contribution in [-0.2, 0) is 6.54 Å². The van der Waals surface area contributed by atoms with Crippen LogP contribution in [0.15, 0.2) is 34.6 Å². The Labute approximate surface area is 158 Å². The average molecular weight is 379 g/mol. The number of rotatable bonds is 9. The molecule has 1 aromatic heterocycles. The molecule has 0 aliphatic heterocycles. The predicted octanol–water partition coefficient (Wildman–Crippen LogP) is 3.93. The number of unbranched alkanes of at least 4 members (excludes halogenated alkanes) is 1. The zero-order valence-electron chi connectivity index (χ0n) is 15.6. The van der Waals surface area contributed by atoms with Gasteiger partial charge in [-0.15, -0.1) is 11.3 Å². The van der Waals surface area contributed by atoms with Gasteiger partial charge in [0.05, 0.1) is 18.8 Å². The summed E-state index contributed by atoms with van der Waals surface area (Å²) < 4.78 is 18.4. The summed E-state index contributed by atoms with van der Waals surface area (Å²) >= 11 is 1.67. The van der Waals surface area contributed by atoms with Crippen molar-refractivity contribution < 1.29 is 9.13 Å². The highest BCUT2D eigenvalue weighted by Crippen LogP contribution is 2.17. The number of nitrogens with one attached hydrogen (secondary N) is 2. The Kier molecular flexibility index (Phi) is 8.34. The molecule has 0 amide bonds. The molecular weight excluding hydrogens is 351 g/mol. The lowest BCUT2D eigenvalue weighted by Crippen LogP contribution is -2.37. The molecule has 0 unspecified atom stereocenters. The smallest absolute Gasteiger partial charge is 0.191 e. The first-order valence-corrected chi connectivity index (χ1v) is 9.73. The maximum absolute atomic E-state index is 12.8. The lowest BCUT2D eigenvalue weighted by molar-refractivity contribution is 0.306. The molecule has 0 aliphatic carbocycles. The van der Waals surface area contributed by atoms with Crippen LogP contribution in [0.4, 0.5) is 4.39 Å². The molecule has 0 spiro atoms. The summed E-state index contributed by atoms with van der Waals surface area (Å²) in [6, 6.07) is 6.09. The number of benzene rings is 1. The molecule has 2 N–H and O–H groups in total. The first-order valence-electron chi connectivity index (χ1n) is 8.85. The summed E-state index contributed by atoms with van der Waals surface area (Å²) in [5.41, 5.74) is 1.14. The Morgan fingerprint density at radius 1 is 1.23 bits per heavy atom. The van der Waals surface area contributed by atoms with Crippen LogP contribution in [0.5, 0.6) is 5.75 Å². The highest BCUT2D eigenvalue weighted by atomic mass is 32.1. The lowest BCUT2D eigenvalue weighted by Gasteiger charge is -2.11. The van der Waals surface area contributed by atoms with Gasteiger partial charge in [0.1, 0.15) is 16.6 Å². The molecule has 5 nitrogen and oxygen atoms in total. The number of hydrogen-bond acceptors (Lipinski definition) is 4. The van der Waals surface area contributed by atoms with Crippen LogP contribution in [0, 0.1) is 5.82 Å². The van der Waals surface area contributed by atoms with Crippen LogP contribution >= 0.6 is 11.3 Å². The summed E-state index contributed by atoms with van der Waals surface area (Å²) in [7, 11) is 1.76. The number of ether oxygens (including phenoxy) is 1. The SMILES string of the molecule is CN=C(NCCCCOc1ccc(F)cc1)NCc1nc(C(C)C)cs1. The Morgan fingerprint density at radius 2 is 2.00 bits per heavy atom. The molecule has 0 fully saturated rings. The second kappa shape index (κ2) is 10.8. The first-order chi connectivity index (χ1) is 12.6. The highest BCUT2D eigenvalue weighted by Gasteiger charge is 2.06. The molecule has 0 saturated carbocycles. The molecule has 0 bridgehead atoms. The van der Waals surface area contributed by atoms with E-state index in [1.54, 1.807) is 30.5 Å². The third kappa shape index (κ3) is 7.00. The Bertz CT molecular complexity index is 685. The van der Waals surface area contributed by atoms with Gasteiger partial charge in [0.15, 0.2) is 5.96 Å². The standard InChI is InChI=1S/C19H27FN4OS/c1-14(2)17-13-26-18(24-17)12-23-19(21-3)22-10-4-5-11-25-16-8-6-15(20)7-9-16/h6-9,13-14H,4-5,10-12H2,1-3H3,(H2,21,22,23). The number of thiazole rings is 1. The maximum Gasteiger partial charge on any atom is 0.191 e. The summed E-state index contributed by atoms with van der Waals surface area (Å²) in [4.78, 5) is 8.83. The van der Waals surface area contributed by atoms with Crippen molar-refractivity contribution in [3.63, 3.8) is 0 Å². The van der Waals surface area contributed by atoms with E-state index in [1.807, 2.05) is 0 Å². The van der Waals surface area contributed by atoms with E-state index in [2.05, 4.69) is 39.8 Å². The summed E-state index contributed by atoms with van der Waals surface area (Å²) in [6.07, 6.45) is 1.86. The molecule has 0 aliphatic rings. The van der Waals surface area contributed by atoms with Crippen LogP contribution in [0.3, 0.4) is 0 Å². The van der Waals surface area contributed by atoms with Crippen LogP contribution < -0.4 is 15.4 Å². The fraction of sp³-hybridized carbons (Fsp3) is 0.474. The van der Waals surface area contributed by atoms with Crippen molar-refractivity contribution in [3.8, 4) is 5.75 Å². The van der Waals surface area contributed by atoms with E-state index in [-0.39, 0.29) is 5.82 Å². The molecule has 0 atom stereocenters. The first kappa shape index (κ1) is 20.2. The number of aliphatic imine (C=N–C) groups is 1. The van der Waals surface area contributed by atoms with Crippen molar-refractivity contribution in [1.29, 1.82) is 0 Å². The Morgan fingerprint density at radius 3 is 2.65 bits per heavy atom. The molecule has 1 heterocycles. The fourth-order valence-electron chi connectivity index (χ4n) is 2.21. The third-order valence-corrected chi connectivity index (χ3v) is 4.60. The minimum absolute atomic E-state index is 0.251. The highest BCUT2D eigenvalue weighted by molar-refractivity contribution is 7.09. The number of guanidine groups is 1. The van der Waals surface area contributed by atoms with Gasteiger partial charge in [-0.2, -0.15) is 0 Å². The van der Waals surface area contributed by atoms with E-state index in [4.69, 9.17) is 4.74 Å².